The van der Waals surface area contributed by atoms with Crippen molar-refractivity contribution < 1.29 is 33.6 Å². The van der Waals surface area contributed by atoms with Crippen molar-refractivity contribution in [3.05, 3.63) is 0 Å². The Hall–Kier alpha value is -1.81. The van der Waals surface area contributed by atoms with Crippen LogP contribution < -0.4 is 5.32 Å². The van der Waals surface area contributed by atoms with E-state index in [2.05, 4.69) is 16.3 Å². The van der Waals surface area contributed by atoms with Gasteiger partial charge in [-0.1, -0.05) is 6.92 Å². The molecule has 0 aromatic carbocycles. The number of nitriles is 1. The summed E-state index contributed by atoms with van der Waals surface area (Å²) in [6.07, 6.45) is -0.963. The van der Waals surface area contributed by atoms with Crippen molar-refractivity contribution in [2.75, 3.05) is 32.7 Å². The van der Waals surface area contributed by atoms with Crippen LogP contribution in [0, 0.1) is 17.2 Å². The molecule has 190 valence electrons. The van der Waals surface area contributed by atoms with E-state index in [1.165, 1.54) is 11.8 Å². The predicted molar refractivity (Wildman–Crippen MR) is 118 cm³/mol. The molecule has 4 rings (SSSR count). The fourth-order valence-electron chi connectivity index (χ4n) is 5.41. The molecule has 11 heteroatoms. The van der Waals surface area contributed by atoms with Crippen LogP contribution in [0.4, 0.5) is 0 Å². The molecule has 2 unspecified atom stereocenters. The molecule has 0 saturated carbocycles. The largest absolute Gasteiger partial charge is 0.459 e. The summed E-state index contributed by atoms with van der Waals surface area (Å²) < 4.78 is 22.7. The van der Waals surface area contributed by atoms with Crippen molar-refractivity contribution >= 4 is 11.9 Å². The number of carbonyl (C=O) groups excluding carboxylic acids is 2. The summed E-state index contributed by atoms with van der Waals surface area (Å²) in [6, 6.07) is 1.55. The minimum Gasteiger partial charge on any atom is -0.459 e. The van der Waals surface area contributed by atoms with Gasteiger partial charge < -0.3 is 39.2 Å². The Balaban J connectivity index is 1.19. The first-order valence-corrected chi connectivity index (χ1v) is 12.1. The predicted octanol–water partition coefficient (Wildman–Crippen LogP) is -0.420. The standard InChI is InChI=1S/C23H36N4O7/c1-13-11-27(16(9-24)20(13)31-14(2)28)18(29)10-25-15-5-7-26(8-6-15)12-17-19(30)21-22(32-17)34-23(3,4)33-21/h13,15-17,19-22,25,30H,5-8,10-12H2,1-4H3/t13?,16-,17-,19+,20?,21-,22-/m1/s1. The van der Waals surface area contributed by atoms with E-state index in [0.29, 0.717) is 13.1 Å². The summed E-state index contributed by atoms with van der Waals surface area (Å²) in [5.74, 6) is -1.44. The minimum atomic E-state index is -0.758. The molecule has 0 spiro atoms. The van der Waals surface area contributed by atoms with Crippen molar-refractivity contribution in [3.63, 3.8) is 0 Å². The number of ether oxygens (including phenoxy) is 4. The molecule has 7 atom stereocenters. The topological polar surface area (TPSA) is 134 Å². The van der Waals surface area contributed by atoms with Crippen LogP contribution in [-0.2, 0) is 28.5 Å². The normalized spacial score (nSPS) is 38.0. The minimum absolute atomic E-state index is 0.0877. The molecule has 0 aromatic rings. The summed E-state index contributed by atoms with van der Waals surface area (Å²) in [6.45, 7) is 9.57. The zero-order chi connectivity index (χ0) is 24.6. The third-order valence-corrected chi connectivity index (χ3v) is 7.13. The van der Waals surface area contributed by atoms with Gasteiger partial charge in [0.25, 0.3) is 0 Å². The third kappa shape index (κ3) is 5.37. The molecular formula is C23H36N4O7. The number of nitrogens with zero attached hydrogens (tertiary/aromatic N) is 3. The van der Waals surface area contributed by atoms with Gasteiger partial charge >= 0.3 is 5.97 Å². The highest BCUT2D eigenvalue weighted by molar-refractivity contribution is 5.79. The van der Waals surface area contributed by atoms with E-state index in [0.717, 1.165) is 25.9 Å². The van der Waals surface area contributed by atoms with Gasteiger partial charge in [0, 0.05) is 32.0 Å². The molecule has 0 radical (unpaired) electrons. The van der Waals surface area contributed by atoms with Gasteiger partial charge in [-0.25, -0.2) is 0 Å². The molecule has 34 heavy (non-hydrogen) atoms. The Morgan fingerprint density at radius 2 is 1.97 bits per heavy atom. The summed E-state index contributed by atoms with van der Waals surface area (Å²) >= 11 is 0. The summed E-state index contributed by atoms with van der Waals surface area (Å²) in [4.78, 5) is 27.9. The lowest BCUT2D eigenvalue weighted by molar-refractivity contribution is -0.216. The Bertz CT molecular complexity index is 810. The lowest BCUT2D eigenvalue weighted by Gasteiger charge is -2.35. The van der Waals surface area contributed by atoms with Gasteiger partial charge in [0.1, 0.15) is 24.4 Å². The number of likely N-dealkylation sites (tertiary alicyclic amines) is 2. The van der Waals surface area contributed by atoms with Crippen LogP contribution in [0.3, 0.4) is 0 Å². The smallest absolute Gasteiger partial charge is 0.303 e. The second kappa shape index (κ2) is 10.0. The molecule has 0 bridgehead atoms. The van der Waals surface area contributed by atoms with Crippen molar-refractivity contribution in [1.82, 2.24) is 15.1 Å². The molecule has 4 saturated heterocycles. The summed E-state index contributed by atoms with van der Waals surface area (Å²) in [7, 11) is 0. The maximum Gasteiger partial charge on any atom is 0.303 e. The average molecular weight is 481 g/mol. The van der Waals surface area contributed by atoms with Gasteiger partial charge in [0.05, 0.1) is 12.6 Å². The van der Waals surface area contributed by atoms with Gasteiger partial charge in [0.15, 0.2) is 18.1 Å². The maximum absolute atomic E-state index is 12.8. The maximum atomic E-state index is 12.8. The highest BCUT2D eigenvalue weighted by atomic mass is 16.8. The lowest BCUT2D eigenvalue weighted by atomic mass is 10.0. The molecule has 4 aliphatic heterocycles. The van der Waals surface area contributed by atoms with Crippen LogP contribution in [0.1, 0.15) is 40.5 Å². The fourth-order valence-corrected chi connectivity index (χ4v) is 5.41. The first-order chi connectivity index (χ1) is 16.1. The van der Waals surface area contributed by atoms with Crippen molar-refractivity contribution in [3.8, 4) is 6.07 Å². The number of aliphatic hydroxyl groups is 1. The molecule has 0 aromatic heterocycles. The average Bonchev–Trinajstić information content (AvgIpc) is 3.35. The second-order valence-corrected chi connectivity index (χ2v) is 10.3. The molecule has 4 fully saturated rings. The van der Waals surface area contributed by atoms with E-state index in [-0.39, 0.29) is 30.5 Å². The number of piperidine rings is 1. The molecule has 0 aliphatic carbocycles. The van der Waals surface area contributed by atoms with Crippen molar-refractivity contribution in [2.24, 2.45) is 5.92 Å². The van der Waals surface area contributed by atoms with Crippen LogP contribution in [0.2, 0.25) is 0 Å². The first-order valence-electron chi connectivity index (χ1n) is 12.1. The quantitative estimate of drug-likeness (QED) is 0.483. The second-order valence-electron chi connectivity index (χ2n) is 10.3. The van der Waals surface area contributed by atoms with Crippen LogP contribution >= 0.6 is 0 Å². The Morgan fingerprint density at radius 1 is 1.26 bits per heavy atom. The highest BCUT2D eigenvalue weighted by Crippen LogP contribution is 2.37. The summed E-state index contributed by atoms with van der Waals surface area (Å²) in [5, 5.41) is 23.5. The van der Waals surface area contributed by atoms with Gasteiger partial charge in [-0.05, 0) is 39.8 Å². The summed E-state index contributed by atoms with van der Waals surface area (Å²) in [5.41, 5.74) is 0. The lowest BCUT2D eigenvalue weighted by Crippen LogP contribution is -2.50. The zero-order valence-electron chi connectivity index (χ0n) is 20.3. The first kappa shape index (κ1) is 25.3. The Kier molecular flexibility index (Phi) is 7.47. The van der Waals surface area contributed by atoms with Crippen LogP contribution in [0.25, 0.3) is 0 Å². The van der Waals surface area contributed by atoms with E-state index in [4.69, 9.17) is 18.9 Å². The van der Waals surface area contributed by atoms with Crippen molar-refractivity contribution in [2.45, 2.75) is 89.1 Å². The molecule has 2 N–H and O–H groups in total. The van der Waals surface area contributed by atoms with Crippen LogP contribution in [0.5, 0.6) is 0 Å². The fraction of sp³-hybridized carbons (Fsp3) is 0.870. The Morgan fingerprint density at radius 3 is 2.59 bits per heavy atom. The number of aliphatic hydroxyl groups excluding tert-OH is 1. The molecule has 11 nitrogen and oxygen atoms in total. The zero-order valence-corrected chi connectivity index (χ0v) is 20.3. The number of nitrogens with one attached hydrogen (secondary N) is 1. The monoisotopic (exact) mass is 480 g/mol. The van der Waals surface area contributed by atoms with E-state index >= 15 is 0 Å². The molecule has 1 amide bonds. The van der Waals surface area contributed by atoms with E-state index in [1.807, 2.05) is 20.8 Å². The number of esters is 1. The SMILES string of the molecule is CC(=O)OC1C(C)CN(C(=O)CNC2CCN(C[C@H]3O[C@@H]4OC(C)(C)O[C@@H]4[C@H]3O)CC2)[C@@H]1C#N. The van der Waals surface area contributed by atoms with Gasteiger partial charge in [0.2, 0.25) is 5.91 Å². The highest BCUT2D eigenvalue weighted by Gasteiger charge is 2.54. The van der Waals surface area contributed by atoms with Gasteiger partial charge in [-0.3, -0.25) is 9.59 Å². The van der Waals surface area contributed by atoms with E-state index in [1.54, 1.807) is 0 Å². The van der Waals surface area contributed by atoms with E-state index < -0.39 is 42.4 Å². The van der Waals surface area contributed by atoms with Crippen LogP contribution in [0.15, 0.2) is 0 Å². The van der Waals surface area contributed by atoms with Crippen molar-refractivity contribution in [1.29, 1.82) is 5.26 Å². The number of fused-ring (bicyclic) bond motifs is 1. The molecule has 4 aliphatic rings. The number of hydrogen-bond acceptors (Lipinski definition) is 10. The number of hydrogen-bond donors (Lipinski definition) is 2. The number of amides is 1. The molecular weight excluding hydrogens is 444 g/mol. The van der Waals surface area contributed by atoms with E-state index in [9.17, 15) is 20.0 Å². The van der Waals surface area contributed by atoms with Gasteiger partial charge in [-0.2, -0.15) is 5.26 Å². The van der Waals surface area contributed by atoms with Crippen LogP contribution in [-0.4, -0.2) is 108 Å². The van der Waals surface area contributed by atoms with Gasteiger partial charge in [-0.15, -0.1) is 0 Å². The third-order valence-electron chi connectivity index (χ3n) is 7.13. The molecule has 4 heterocycles. The number of rotatable bonds is 6. The number of carbonyl (C=O) groups is 2. The Labute approximate surface area is 200 Å².